The molecule has 2 aromatic rings. The first kappa shape index (κ1) is 12.7. The number of hydrogen-bond donors (Lipinski definition) is 0. The average molecular weight is 269 g/mol. The highest BCUT2D eigenvalue weighted by Gasteiger charge is 2.30. The van der Waals surface area contributed by atoms with E-state index in [1.807, 2.05) is 43.3 Å². The third-order valence-electron chi connectivity index (χ3n) is 3.35. The molecule has 4 nitrogen and oxygen atoms in total. The summed E-state index contributed by atoms with van der Waals surface area (Å²) in [5, 5.41) is 0. The molecule has 2 heterocycles. The number of nitrogens with zero attached hydrogens (tertiary/aromatic N) is 1. The Morgan fingerprint density at radius 3 is 3.05 bits per heavy atom. The molecule has 1 unspecified atom stereocenters. The minimum Gasteiger partial charge on any atom is -0.466 e. The molecule has 102 valence electrons. The van der Waals surface area contributed by atoms with Crippen molar-refractivity contribution in [3.8, 4) is 11.6 Å². The fraction of sp³-hybridized carbons (Fsp3) is 0.250. The molecule has 0 bridgehead atoms. The Hall–Kier alpha value is -2.36. The van der Waals surface area contributed by atoms with Crippen molar-refractivity contribution in [3.05, 3.63) is 53.7 Å². The number of hydrogen-bond acceptors (Lipinski definition) is 4. The molecule has 0 fully saturated rings. The number of aromatic nitrogens is 1. The summed E-state index contributed by atoms with van der Waals surface area (Å²) in [5.74, 6) is 0.659. The SMILES string of the molecule is CCOC(=O)C1Cc2cccnc2Oc2ccccc21. The van der Waals surface area contributed by atoms with E-state index in [4.69, 9.17) is 9.47 Å². The van der Waals surface area contributed by atoms with E-state index >= 15 is 0 Å². The molecule has 0 N–H and O–H groups in total. The molecule has 4 heteroatoms. The van der Waals surface area contributed by atoms with E-state index in [0.29, 0.717) is 24.7 Å². The van der Waals surface area contributed by atoms with Gasteiger partial charge in [-0.25, -0.2) is 4.98 Å². The van der Waals surface area contributed by atoms with Crippen LogP contribution in [0, 0.1) is 0 Å². The van der Waals surface area contributed by atoms with Crippen LogP contribution in [0.1, 0.15) is 24.0 Å². The Kier molecular flexibility index (Phi) is 3.37. The number of pyridine rings is 1. The Morgan fingerprint density at radius 1 is 1.35 bits per heavy atom. The largest absolute Gasteiger partial charge is 0.466 e. The lowest BCUT2D eigenvalue weighted by molar-refractivity contribution is -0.144. The second-order valence-electron chi connectivity index (χ2n) is 4.62. The van der Waals surface area contributed by atoms with Gasteiger partial charge in [0, 0.05) is 17.3 Å². The summed E-state index contributed by atoms with van der Waals surface area (Å²) in [6.45, 7) is 2.19. The number of esters is 1. The van der Waals surface area contributed by atoms with E-state index in [1.165, 1.54) is 0 Å². The number of para-hydroxylation sites is 1. The van der Waals surface area contributed by atoms with Gasteiger partial charge in [-0.05, 0) is 25.5 Å². The Balaban J connectivity index is 2.08. The van der Waals surface area contributed by atoms with Gasteiger partial charge in [0.1, 0.15) is 5.75 Å². The average Bonchev–Trinajstić information content (AvgIpc) is 2.64. The summed E-state index contributed by atoms with van der Waals surface area (Å²) in [5.41, 5.74) is 1.77. The number of carbonyl (C=O) groups excluding carboxylic acids is 1. The van der Waals surface area contributed by atoms with Crippen LogP contribution in [0.25, 0.3) is 0 Å². The Labute approximate surface area is 117 Å². The Bertz CT molecular complexity index is 639. The normalized spacial score (nSPS) is 16.4. The number of carbonyl (C=O) groups is 1. The van der Waals surface area contributed by atoms with Crippen molar-refractivity contribution >= 4 is 5.97 Å². The van der Waals surface area contributed by atoms with E-state index in [2.05, 4.69) is 4.98 Å². The van der Waals surface area contributed by atoms with Gasteiger partial charge in [0.05, 0.1) is 12.5 Å². The second-order valence-corrected chi connectivity index (χ2v) is 4.62. The summed E-state index contributed by atoms with van der Waals surface area (Å²) >= 11 is 0. The third-order valence-corrected chi connectivity index (χ3v) is 3.35. The highest BCUT2D eigenvalue weighted by atomic mass is 16.5. The smallest absolute Gasteiger partial charge is 0.313 e. The first-order valence-corrected chi connectivity index (χ1v) is 6.67. The maximum Gasteiger partial charge on any atom is 0.313 e. The zero-order valence-electron chi connectivity index (χ0n) is 11.2. The minimum atomic E-state index is -0.350. The third kappa shape index (κ3) is 2.25. The topological polar surface area (TPSA) is 48.4 Å². The maximum atomic E-state index is 12.2. The minimum absolute atomic E-state index is 0.222. The lowest BCUT2D eigenvalue weighted by Crippen LogP contribution is -2.17. The molecule has 0 spiro atoms. The summed E-state index contributed by atoms with van der Waals surface area (Å²) in [6, 6.07) is 11.3. The molecule has 1 atom stereocenters. The van der Waals surface area contributed by atoms with Gasteiger partial charge < -0.3 is 9.47 Å². The summed E-state index contributed by atoms with van der Waals surface area (Å²) in [6.07, 6.45) is 2.23. The predicted octanol–water partition coefficient (Wildman–Crippen LogP) is 3.08. The van der Waals surface area contributed by atoms with Gasteiger partial charge in [-0.1, -0.05) is 24.3 Å². The molecule has 3 rings (SSSR count). The predicted molar refractivity (Wildman–Crippen MR) is 73.8 cm³/mol. The van der Waals surface area contributed by atoms with Gasteiger partial charge in [0.15, 0.2) is 0 Å². The van der Waals surface area contributed by atoms with E-state index in [0.717, 1.165) is 11.1 Å². The van der Waals surface area contributed by atoms with Crippen molar-refractivity contribution in [2.75, 3.05) is 6.61 Å². The molecule has 0 amide bonds. The zero-order chi connectivity index (χ0) is 13.9. The maximum absolute atomic E-state index is 12.2. The van der Waals surface area contributed by atoms with Crippen molar-refractivity contribution in [3.63, 3.8) is 0 Å². The van der Waals surface area contributed by atoms with Crippen molar-refractivity contribution in [2.24, 2.45) is 0 Å². The number of benzene rings is 1. The van der Waals surface area contributed by atoms with Gasteiger partial charge in [-0.2, -0.15) is 0 Å². The monoisotopic (exact) mass is 269 g/mol. The van der Waals surface area contributed by atoms with Crippen LogP contribution in [-0.2, 0) is 16.0 Å². The second kappa shape index (κ2) is 5.33. The van der Waals surface area contributed by atoms with Crippen LogP contribution in [0.5, 0.6) is 11.6 Å². The zero-order valence-corrected chi connectivity index (χ0v) is 11.2. The van der Waals surface area contributed by atoms with E-state index in [1.54, 1.807) is 6.20 Å². The van der Waals surface area contributed by atoms with Gasteiger partial charge in [-0.3, -0.25) is 4.79 Å². The van der Waals surface area contributed by atoms with Crippen LogP contribution in [-0.4, -0.2) is 17.6 Å². The fourth-order valence-electron chi connectivity index (χ4n) is 2.42. The van der Waals surface area contributed by atoms with Crippen LogP contribution >= 0.6 is 0 Å². The molecule has 20 heavy (non-hydrogen) atoms. The molecule has 1 aromatic heterocycles. The van der Waals surface area contributed by atoms with E-state index < -0.39 is 0 Å². The molecule has 1 aromatic carbocycles. The molecule has 0 saturated heterocycles. The van der Waals surface area contributed by atoms with Crippen molar-refractivity contribution < 1.29 is 14.3 Å². The number of rotatable bonds is 2. The lowest BCUT2D eigenvalue weighted by Gasteiger charge is -2.14. The lowest BCUT2D eigenvalue weighted by atomic mass is 9.92. The number of ether oxygens (including phenoxy) is 2. The number of fused-ring (bicyclic) bond motifs is 2. The molecule has 0 radical (unpaired) electrons. The summed E-state index contributed by atoms with van der Waals surface area (Å²) in [4.78, 5) is 16.5. The first-order chi connectivity index (χ1) is 9.79. The molecular weight excluding hydrogens is 254 g/mol. The van der Waals surface area contributed by atoms with Crippen molar-refractivity contribution in [1.82, 2.24) is 4.98 Å². The highest BCUT2D eigenvalue weighted by Crippen LogP contribution is 2.38. The van der Waals surface area contributed by atoms with Gasteiger partial charge >= 0.3 is 5.97 Å². The van der Waals surface area contributed by atoms with Crippen LogP contribution < -0.4 is 4.74 Å². The van der Waals surface area contributed by atoms with Gasteiger partial charge in [0.2, 0.25) is 5.88 Å². The van der Waals surface area contributed by atoms with E-state index in [-0.39, 0.29) is 11.9 Å². The standard InChI is InChI=1S/C16H15NO3/c1-2-19-16(18)13-10-11-6-5-9-17-15(11)20-14-8-4-3-7-12(13)14/h3-9,13H,2,10H2,1H3. The molecular formula is C16H15NO3. The van der Waals surface area contributed by atoms with Crippen LogP contribution in [0.2, 0.25) is 0 Å². The summed E-state index contributed by atoms with van der Waals surface area (Å²) < 4.78 is 11.0. The highest BCUT2D eigenvalue weighted by molar-refractivity contribution is 5.80. The van der Waals surface area contributed by atoms with Gasteiger partial charge in [-0.15, -0.1) is 0 Å². The van der Waals surface area contributed by atoms with Crippen LogP contribution in [0.15, 0.2) is 42.6 Å². The molecule has 1 aliphatic rings. The molecule has 0 aliphatic carbocycles. The first-order valence-electron chi connectivity index (χ1n) is 6.67. The van der Waals surface area contributed by atoms with Crippen LogP contribution in [0.3, 0.4) is 0 Å². The van der Waals surface area contributed by atoms with Crippen molar-refractivity contribution in [2.45, 2.75) is 19.3 Å². The molecule has 1 aliphatic heterocycles. The van der Waals surface area contributed by atoms with Crippen molar-refractivity contribution in [1.29, 1.82) is 0 Å². The van der Waals surface area contributed by atoms with Crippen LogP contribution in [0.4, 0.5) is 0 Å². The van der Waals surface area contributed by atoms with Gasteiger partial charge in [0.25, 0.3) is 0 Å². The summed E-state index contributed by atoms with van der Waals surface area (Å²) in [7, 11) is 0. The fourth-order valence-corrected chi connectivity index (χ4v) is 2.42. The quantitative estimate of drug-likeness (QED) is 0.786. The molecule has 0 saturated carbocycles. The Morgan fingerprint density at radius 2 is 2.20 bits per heavy atom. The van der Waals surface area contributed by atoms with E-state index in [9.17, 15) is 4.79 Å².